The summed E-state index contributed by atoms with van der Waals surface area (Å²) in [6, 6.07) is 11.0. The van der Waals surface area contributed by atoms with Crippen molar-refractivity contribution in [2.24, 2.45) is 4.99 Å². The molecule has 0 aliphatic rings. The van der Waals surface area contributed by atoms with E-state index >= 15 is 0 Å². The van der Waals surface area contributed by atoms with Crippen molar-refractivity contribution < 1.29 is 9.32 Å². The predicted octanol–water partition coefficient (Wildman–Crippen LogP) is 2.31. The number of aromatic nitrogens is 1. The number of benzene rings is 1. The second-order valence-corrected chi connectivity index (χ2v) is 2.62. The third-order valence-corrected chi connectivity index (χ3v) is 1.72. The van der Waals surface area contributed by atoms with Crippen LogP contribution in [0.1, 0.15) is 0 Å². The second-order valence-electron chi connectivity index (χ2n) is 2.62. The molecule has 0 aliphatic carbocycles. The van der Waals surface area contributed by atoms with Gasteiger partial charge in [-0.2, -0.15) is 0 Å². The summed E-state index contributed by atoms with van der Waals surface area (Å²) >= 11 is 0. The molecule has 0 bridgehead atoms. The average molecular weight is 186 g/mol. The molecule has 14 heavy (non-hydrogen) atoms. The molecule has 68 valence electrons. The topological polar surface area (TPSA) is 55.5 Å². The largest absolute Gasteiger partial charge is 0.354 e. The van der Waals surface area contributed by atoms with Crippen molar-refractivity contribution in [2.45, 2.75) is 0 Å². The molecule has 0 amide bonds. The minimum Gasteiger partial charge on any atom is -0.354 e. The maximum atomic E-state index is 9.95. The Hall–Kier alpha value is -2.19. The highest BCUT2D eigenvalue weighted by Crippen LogP contribution is 2.22. The molecule has 4 heteroatoms. The van der Waals surface area contributed by atoms with Gasteiger partial charge in [0.2, 0.25) is 11.9 Å². The highest BCUT2D eigenvalue weighted by molar-refractivity contribution is 5.60. The Labute approximate surface area is 79.9 Å². The van der Waals surface area contributed by atoms with E-state index in [1.54, 1.807) is 6.07 Å². The first-order valence-corrected chi connectivity index (χ1v) is 4.00. The first-order valence-electron chi connectivity index (χ1n) is 4.00. The second kappa shape index (κ2) is 3.68. The lowest BCUT2D eigenvalue weighted by atomic mass is 10.2. The van der Waals surface area contributed by atoms with Crippen LogP contribution in [0.5, 0.6) is 0 Å². The van der Waals surface area contributed by atoms with E-state index in [2.05, 4.69) is 10.1 Å². The maximum Gasteiger partial charge on any atom is 0.242 e. The van der Waals surface area contributed by atoms with Crippen LogP contribution in [0.4, 0.5) is 5.82 Å². The summed E-state index contributed by atoms with van der Waals surface area (Å²) in [6.45, 7) is 0. The Morgan fingerprint density at radius 1 is 1.29 bits per heavy atom. The Kier molecular flexibility index (Phi) is 2.21. The van der Waals surface area contributed by atoms with Gasteiger partial charge in [-0.05, 0) is 0 Å². The van der Waals surface area contributed by atoms with Crippen LogP contribution in [-0.2, 0) is 4.79 Å². The van der Waals surface area contributed by atoms with Gasteiger partial charge in [0.15, 0.2) is 5.76 Å². The van der Waals surface area contributed by atoms with Gasteiger partial charge in [-0.1, -0.05) is 35.5 Å². The summed E-state index contributed by atoms with van der Waals surface area (Å²) in [5.41, 5.74) is 0.896. The van der Waals surface area contributed by atoms with Gasteiger partial charge >= 0.3 is 0 Å². The number of nitrogens with zero attached hydrogens (tertiary/aromatic N) is 2. The molecule has 1 aromatic heterocycles. The fraction of sp³-hybridized carbons (Fsp3) is 0. The SMILES string of the molecule is O=C=Nc1cc(-c2ccccc2)on1. The van der Waals surface area contributed by atoms with Crippen molar-refractivity contribution in [3.05, 3.63) is 36.4 Å². The molecule has 1 aromatic carbocycles. The molecule has 0 fully saturated rings. The normalized spacial score (nSPS) is 9.43. The van der Waals surface area contributed by atoms with E-state index in [9.17, 15) is 4.79 Å². The van der Waals surface area contributed by atoms with Crippen LogP contribution in [0.2, 0.25) is 0 Å². The molecule has 2 rings (SSSR count). The highest BCUT2D eigenvalue weighted by Gasteiger charge is 2.04. The van der Waals surface area contributed by atoms with Gasteiger partial charge in [-0.25, -0.2) is 4.79 Å². The minimum absolute atomic E-state index is 0.235. The van der Waals surface area contributed by atoms with Crippen LogP contribution >= 0.6 is 0 Å². The smallest absolute Gasteiger partial charge is 0.242 e. The zero-order valence-electron chi connectivity index (χ0n) is 7.18. The summed E-state index contributed by atoms with van der Waals surface area (Å²) in [5, 5.41) is 3.58. The fourth-order valence-electron chi connectivity index (χ4n) is 1.10. The van der Waals surface area contributed by atoms with Gasteiger partial charge in [0.1, 0.15) is 0 Å². The quantitative estimate of drug-likeness (QED) is 0.534. The molecule has 0 aliphatic heterocycles. The van der Waals surface area contributed by atoms with Gasteiger partial charge < -0.3 is 4.52 Å². The van der Waals surface area contributed by atoms with Crippen molar-refractivity contribution in [2.75, 3.05) is 0 Å². The monoisotopic (exact) mass is 186 g/mol. The molecule has 0 atom stereocenters. The van der Waals surface area contributed by atoms with E-state index in [1.165, 1.54) is 6.08 Å². The van der Waals surface area contributed by atoms with Gasteiger partial charge in [0.25, 0.3) is 0 Å². The molecule has 0 radical (unpaired) electrons. The molecular formula is C10H6N2O2. The number of aliphatic imine (C=N–C) groups is 1. The molecule has 4 nitrogen and oxygen atoms in total. The van der Waals surface area contributed by atoms with E-state index in [1.807, 2.05) is 30.3 Å². The van der Waals surface area contributed by atoms with Gasteiger partial charge in [-0.3, -0.25) is 0 Å². The molecule has 0 N–H and O–H groups in total. The van der Waals surface area contributed by atoms with Gasteiger partial charge in [0, 0.05) is 11.6 Å². The Morgan fingerprint density at radius 3 is 2.79 bits per heavy atom. The van der Waals surface area contributed by atoms with E-state index in [0.717, 1.165) is 5.56 Å². The number of hydrogen-bond donors (Lipinski definition) is 0. The third-order valence-electron chi connectivity index (χ3n) is 1.72. The first-order chi connectivity index (χ1) is 6.90. The van der Waals surface area contributed by atoms with Crippen LogP contribution in [0.15, 0.2) is 45.9 Å². The summed E-state index contributed by atoms with van der Waals surface area (Å²) in [5.74, 6) is 0.818. The fourth-order valence-corrected chi connectivity index (χ4v) is 1.10. The van der Waals surface area contributed by atoms with E-state index < -0.39 is 0 Å². The third kappa shape index (κ3) is 1.60. The minimum atomic E-state index is 0.235. The summed E-state index contributed by atoms with van der Waals surface area (Å²) < 4.78 is 4.98. The summed E-state index contributed by atoms with van der Waals surface area (Å²) in [4.78, 5) is 13.3. The predicted molar refractivity (Wildman–Crippen MR) is 49.7 cm³/mol. The summed E-state index contributed by atoms with van der Waals surface area (Å²) in [6.07, 6.45) is 1.40. The number of rotatable bonds is 2. The lowest BCUT2D eigenvalue weighted by Gasteiger charge is -1.90. The standard InChI is InChI=1S/C10H6N2O2/c13-7-11-10-6-9(14-12-10)8-4-2-1-3-5-8/h1-6H. The molecule has 0 spiro atoms. The lowest BCUT2D eigenvalue weighted by Crippen LogP contribution is -1.69. The molecular weight excluding hydrogens is 180 g/mol. The number of carbonyl (C=O) groups excluding carboxylic acids is 1. The maximum absolute atomic E-state index is 9.95. The van der Waals surface area contributed by atoms with Crippen molar-refractivity contribution in [1.29, 1.82) is 0 Å². The van der Waals surface area contributed by atoms with Crippen molar-refractivity contribution in [1.82, 2.24) is 5.16 Å². The lowest BCUT2D eigenvalue weighted by molar-refractivity contribution is 0.434. The molecule has 0 unspecified atom stereocenters. The molecule has 0 saturated carbocycles. The first kappa shape index (κ1) is 8.41. The van der Waals surface area contributed by atoms with Crippen LogP contribution in [0, 0.1) is 0 Å². The Morgan fingerprint density at radius 2 is 2.07 bits per heavy atom. The average Bonchev–Trinajstić information content (AvgIpc) is 2.68. The van der Waals surface area contributed by atoms with Crippen LogP contribution in [0.3, 0.4) is 0 Å². The van der Waals surface area contributed by atoms with Crippen molar-refractivity contribution in [3.8, 4) is 11.3 Å². The molecule has 1 heterocycles. The van der Waals surface area contributed by atoms with E-state index in [0.29, 0.717) is 5.76 Å². The van der Waals surface area contributed by atoms with Crippen LogP contribution in [-0.4, -0.2) is 11.2 Å². The van der Waals surface area contributed by atoms with E-state index in [-0.39, 0.29) is 5.82 Å². The van der Waals surface area contributed by atoms with Crippen molar-refractivity contribution >= 4 is 11.9 Å². The van der Waals surface area contributed by atoms with Crippen LogP contribution < -0.4 is 0 Å². The molecule has 0 saturated heterocycles. The Bertz CT molecular complexity index is 470. The zero-order chi connectivity index (χ0) is 9.80. The Balaban J connectivity index is 2.39. The number of isocyanates is 1. The number of hydrogen-bond acceptors (Lipinski definition) is 4. The van der Waals surface area contributed by atoms with Crippen molar-refractivity contribution in [3.63, 3.8) is 0 Å². The summed E-state index contributed by atoms with van der Waals surface area (Å²) in [7, 11) is 0. The highest BCUT2D eigenvalue weighted by atomic mass is 16.5. The molecule has 2 aromatic rings. The van der Waals surface area contributed by atoms with Gasteiger partial charge in [-0.15, -0.1) is 4.99 Å². The van der Waals surface area contributed by atoms with Gasteiger partial charge in [0.05, 0.1) is 0 Å². The van der Waals surface area contributed by atoms with E-state index in [4.69, 9.17) is 4.52 Å². The zero-order valence-corrected chi connectivity index (χ0v) is 7.18. The van der Waals surface area contributed by atoms with Crippen LogP contribution in [0.25, 0.3) is 11.3 Å².